The minimum absolute atomic E-state index is 0.109. The molecule has 4 heteroatoms. The Morgan fingerprint density at radius 2 is 2.33 bits per heavy atom. The van der Waals surface area contributed by atoms with Gasteiger partial charge in [-0.15, -0.1) is 0 Å². The van der Waals surface area contributed by atoms with Crippen molar-refractivity contribution in [2.45, 2.75) is 38.3 Å². The van der Waals surface area contributed by atoms with Gasteiger partial charge in [-0.05, 0) is 33.2 Å². The number of carbonyl (C=O) groups excluding carboxylic acids is 1. The van der Waals surface area contributed by atoms with Crippen LogP contribution in [0.15, 0.2) is 0 Å². The van der Waals surface area contributed by atoms with Crippen molar-refractivity contribution in [1.82, 2.24) is 15.1 Å². The van der Waals surface area contributed by atoms with E-state index in [1.54, 1.807) is 0 Å². The molecule has 2 aliphatic rings. The first-order chi connectivity index (χ1) is 7.18. The summed E-state index contributed by atoms with van der Waals surface area (Å²) in [5, 5.41) is 2.89. The maximum atomic E-state index is 11.5. The van der Waals surface area contributed by atoms with E-state index < -0.39 is 0 Å². The van der Waals surface area contributed by atoms with Crippen LogP contribution in [0.3, 0.4) is 0 Å². The van der Waals surface area contributed by atoms with Crippen molar-refractivity contribution in [3.05, 3.63) is 0 Å². The van der Waals surface area contributed by atoms with Crippen LogP contribution < -0.4 is 5.32 Å². The van der Waals surface area contributed by atoms with Gasteiger partial charge in [0, 0.05) is 31.7 Å². The van der Waals surface area contributed by atoms with E-state index in [1.165, 1.54) is 12.8 Å². The predicted octanol–water partition coefficient (Wildman–Crippen LogP) is 0.884. The molecule has 2 amide bonds. The highest BCUT2D eigenvalue weighted by molar-refractivity contribution is 5.74. The summed E-state index contributed by atoms with van der Waals surface area (Å²) >= 11 is 0. The highest BCUT2D eigenvalue weighted by atomic mass is 16.2. The summed E-state index contributed by atoms with van der Waals surface area (Å²) in [6.45, 7) is 4.82. The van der Waals surface area contributed by atoms with Gasteiger partial charge in [-0.1, -0.05) is 0 Å². The number of carbonyl (C=O) groups is 1. The molecule has 1 saturated carbocycles. The molecule has 1 unspecified atom stereocenters. The molecule has 2 fully saturated rings. The van der Waals surface area contributed by atoms with Crippen molar-refractivity contribution in [1.29, 1.82) is 0 Å². The normalized spacial score (nSPS) is 24.2. The Balaban J connectivity index is 1.81. The van der Waals surface area contributed by atoms with E-state index >= 15 is 0 Å². The molecule has 4 nitrogen and oxygen atoms in total. The minimum Gasteiger partial charge on any atom is -0.338 e. The van der Waals surface area contributed by atoms with Gasteiger partial charge in [0.05, 0.1) is 0 Å². The van der Waals surface area contributed by atoms with Crippen molar-refractivity contribution in [3.8, 4) is 0 Å². The van der Waals surface area contributed by atoms with E-state index in [-0.39, 0.29) is 6.03 Å². The van der Waals surface area contributed by atoms with Gasteiger partial charge in [-0.3, -0.25) is 4.90 Å². The van der Waals surface area contributed by atoms with Crippen molar-refractivity contribution in [2.24, 2.45) is 0 Å². The summed E-state index contributed by atoms with van der Waals surface area (Å²) < 4.78 is 0. The van der Waals surface area contributed by atoms with Crippen LogP contribution in [0.5, 0.6) is 0 Å². The molecule has 2 rings (SSSR count). The van der Waals surface area contributed by atoms with Gasteiger partial charge >= 0.3 is 6.03 Å². The first-order valence-corrected chi connectivity index (χ1v) is 5.93. The number of nitrogens with one attached hydrogen (secondary N) is 1. The van der Waals surface area contributed by atoms with Gasteiger partial charge in [-0.2, -0.15) is 0 Å². The fourth-order valence-electron chi connectivity index (χ4n) is 2.14. The maximum Gasteiger partial charge on any atom is 0.317 e. The zero-order valence-corrected chi connectivity index (χ0v) is 9.70. The number of rotatable bonds is 4. The molecule has 0 radical (unpaired) electrons. The van der Waals surface area contributed by atoms with Crippen LogP contribution in [0.2, 0.25) is 0 Å². The van der Waals surface area contributed by atoms with Crippen molar-refractivity contribution in [2.75, 3.05) is 26.7 Å². The van der Waals surface area contributed by atoms with E-state index in [2.05, 4.69) is 24.2 Å². The molecule has 1 aliphatic heterocycles. The van der Waals surface area contributed by atoms with Crippen molar-refractivity contribution < 1.29 is 4.79 Å². The van der Waals surface area contributed by atoms with E-state index in [9.17, 15) is 4.79 Å². The van der Waals surface area contributed by atoms with Gasteiger partial charge in [0.1, 0.15) is 0 Å². The number of nitrogens with zero attached hydrogens (tertiary/aromatic N) is 2. The molecule has 15 heavy (non-hydrogen) atoms. The molecule has 0 aromatic carbocycles. The lowest BCUT2D eigenvalue weighted by atomic mass is 10.2. The molecule has 1 N–H and O–H groups in total. The third kappa shape index (κ3) is 2.62. The summed E-state index contributed by atoms with van der Waals surface area (Å²) in [5.74, 6) is 0. The molecule has 0 aromatic heterocycles. The Hall–Kier alpha value is -0.770. The molecule has 1 atom stereocenters. The summed E-state index contributed by atoms with van der Waals surface area (Å²) in [5.41, 5.74) is 0. The smallest absolute Gasteiger partial charge is 0.317 e. The lowest BCUT2D eigenvalue weighted by Gasteiger charge is -2.33. The zero-order chi connectivity index (χ0) is 10.8. The third-order valence-electron chi connectivity index (χ3n) is 3.47. The first-order valence-electron chi connectivity index (χ1n) is 5.93. The van der Waals surface area contributed by atoms with Crippen LogP contribution >= 0.6 is 0 Å². The lowest BCUT2D eigenvalue weighted by molar-refractivity contribution is 0.152. The largest absolute Gasteiger partial charge is 0.338 e. The SMILES string of the molecule is CC(CN1CCCNC1=O)N(C)C1CC1. The lowest BCUT2D eigenvalue weighted by Crippen LogP contribution is -2.51. The van der Waals surface area contributed by atoms with Gasteiger partial charge < -0.3 is 10.2 Å². The second-order valence-electron chi connectivity index (χ2n) is 4.78. The van der Waals surface area contributed by atoms with Crippen LogP contribution in [0.1, 0.15) is 26.2 Å². The molecule has 1 heterocycles. The predicted molar refractivity (Wildman–Crippen MR) is 59.8 cm³/mol. The first kappa shape index (κ1) is 10.7. The van der Waals surface area contributed by atoms with Crippen LogP contribution in [-0.4, -0.2) is 54.6 Å². The molecule has 1 saturated heterocycles. The molecule has 0 aromatic rings. The fourth-order valence-corrected chi connectivity index (χ4v) is 2.14. The van der Waals surface area contributed by atoms with Crippen LogP contribution in [-0.2, 0) is 0 Å². The number of amides is 2. The molecule has 1 aliphatic carbocycles. The summed E-state index contributed by atoms with van der Waals surface area (Å²) in [6, 6.07) is 1.35. The molecule has 86 valence electrons. The number of likely N-dealkylation sites (N-methyl/N-ethyl adjacent to an activating group) is 1. The maximum absolute atomic E-state index is 11.5. The topological polar surface area (TPSA) is 35.6 Å². The monoisotopic (exact) mass is 211 g/mol. The molecule has 0 bridgehead atoms. The Kier molecular flexibility index (Phi) is 3.14. The van der Waals surface area contributed by atoms with Crippen molar-refractivity contribution >= 4 is 6.03 Å². The molecular formula is C11H21N3O. The fraction of sp³-hybridized carbons (Fsp3) is 0.909. The highest BCUT2D eigenvalue weighted by Gasteiger charge is 2.30. The van der Waals surface area contributed by atoms with E-state index in [4.69, 9.17) is 0 Å². The standard InChI is InChI=1S/C11H21N3O/c1-9(13(2)10-4-5-10)8-14-7-3-6-12-11(14)15/h9-10H,3-8H2,1-2H3,(H,12,15). The highest BCUT2D eigenvalue weighted by Crippen LogP contribution is 2.27. The van der Waals surface area contributed by atoms with Gasteiger partial charge in [0.2, 0.25) is 0 Å². The van der Waals surface area contributed by atoms with E-state index in [0.29, 0.717) is 6.04 Å². The summed E-state index contributed by atoms with van der Waals surface area (Å²) in [4.78, 5) is 15.9. The molecular weight excluding hydrogens is 190 g/mol. The average molecular weight is 211 g/mol. The number of hydrogen-bond donors (Lipinski definition) is 1. The van der Waals surface area contributed by atoms with Crippen LogP contribution in [0.4, 0.5) is 4.79 Å². The minimum atomic E-state index is 0.109. The summed E-state index contributed by atoms with van der Waals surface area (Å²) in [6.07, 6.45) is 3.73. The number of hydrogen-bond acceptors (Lipinski definition) is 2. The van der Waals surface area contributed by atoms with Gasteiger partial charge in [0.15, 0.2) is 0 Å². The second kappa shape index (κ2) is 4.39. The Morgan fingerprint density at radius 1 is 1.60 bits per heavy atom. The third-order valence-corrected chi connectivity index (χ3v) is 3.47. The quantitative estimate of drug-likeness (QED) is 0.749. The summed E-state index contributed by atoms with van der Waals surface area (Å²) in [7, 11) is 2.17. The van der Waals surface area contributed by atoms with Crippen LogP contribution in [0.25, 0.3) is 0 Å². The molecule has 0 spiro atoms. The van der Waals surface area contributed by atoms with Gasteiger partial charge in [0.25, 0.3) is 0 Å². The Labute approximate surface area is 91.6 Å². The second-order valence-corrected chi connectivity index (χ2v) is 4.78. The average Bonchev–Trinajstić information content (AvgIpc) is 3.04. The zero-order valence-electron chi connectivity index (χ0n) is 9.70. The van der Waals surface area contributed by atoms with Gasteiger partial charge in [-0.25, -0.2) is 4.79 Å². The Bertz CT molecular complexity index is 240. The number of urea groups is 1. The Morgan fingerprint density at radius 3 is 2.93 bits per heavy atom. The van der Waals surface area contributed by atoms with E-state index in [0.717, 1.165) is 32.1 Å². The van der Waals surface area contributed by atoms with Crippen LogP contribution in [0, 0.1) is 0 Å². The van der Waals surface area contributed by atoms with Crippen molar-refractivity contribution in [3.63, 3.8) is 0 Å². The van der Waals surface area contributed by atoms with E-state index in [1.807, 2.05) is 4.90 Å².